The smallest absolute Gasteiger partial charge is 0.227 e. The number of rotatable bonds is 2. The number of ether oxygens (including phenoxy) is 1. The lowest BCUT2D eigenvalue weighted by Crippen LogP contribution is -2.28. The van der Waals surface area contributed by atoms with Crippen molar-refractivity contribution < 1.29 is 13.9 Å². The molecule has 1 fully saturated rings. The summed E-state index contributed by atoms with van der Waals surface area (Å²) in [6.45, 7) is 3.08. The first-order chi connectivity index (χ1) is 8.16. The molecular weight excluding hydrogens is 221 g/mol. The highest BCUT2D eigenvalue weighted by Gasteiger charge is 2.22. The Morgan fingerprint density at radius 1 is 1.41 bits per heavy atom. The van der Waals surface area contributed by atoms with E-state index in [2.05, 4.69) is 5.32 Å². The van der Waals surface area contributed by atoms with E-state index < -0.39 is 5.82 Å². The van der Waals surface area contributed by atoms with Crippen LogP contribution in [0, 0.1) is 18.7 Å². The number of aryl methyl sites for hydroxylation is 1. The van der Waals surface area contributed by atoms with Gasteiger partial charge in [0.2, 0.25) is 5.91 Å². The molecule has 1 aliphatic heterocycles. The first-order valence-corrected chi connectivity index (χ1v) is 5.81. The van der Waals surface area contributed by atoms with Crippen molar-refractivity contribution in [2.24, 2.45) is 5.92 Å². The molecular formula is C13H16FNO2. The van der Waals surface area contributed by atoms with Gasteiger partial charge in [0, 0.05) is 19.1 Å². The Labute approximate surface area is 100.0 Å². The molecule has 0 bridgehead atoms. The summed E-state index contributed by atoms with van der Waals surface area (Å²) < 4.78 is 18.6. The summed E-state index contributed by atoms with van der Waals surface area (Å²) in [6.07, 6.45) is 1.42. The van der Waals surface area contributed by atoms with E-state index in [1.54, 1.807) is 12.1 Å². The van der Waals surface area contributed by atoms with Crippen molar-refractivity contribution in [2.45, 2.75) is 19.8 Å². The molecule has 1 saturated heterocycles. The molecule has 2 rings (SSSR count). The third-order valence-electron chi connectivity index (χ3n) is 2.97. The maximum atomic E-state index is 13.5. The molecule has 0 atom stereocenters. The summed E-state index contributed by atoms with van der Waals surface area (Å²) in [4.78, 5) is 11.9. The van der Waals surface area contributed by atoms with E-state index in [1.807, 2.05) is 6.92 Å². The Morgan fingerprint density at radius 2 is 2.12 bits per heavy atom. The molecule has 3 nitrogen and oxygen atoms in total. The predicted molar refractivity (Wildman–Crippen MR) is 63.3 cm³/mol. The van der Waals surface area contributed by atoms with Gasteiger partial charge in [-0.1, -0.05) is 6.07 Å². The summed E-state index contributed by atoms with van der Waals surface area (Å²) >= 11 is 0. The molecule has 1 aromatic carbocycles. The van der Waals surface area contributed by atoms with Crippen LogP contribution >= 0.6 is 0 Å². The highest BCUT2D eigenvalue weighted by atomic mass is 19.1. The van der Waals surface area contributed by atoms with Gasteiger partial charge in [-0.15, -0.1) is 0 Å². The summed E-state index contributed by atoms with van der Waals surface area (Å²) in [6, 6.07) is 4.70. The summed E-state index contributed by atoms with van der Waals surface area (Å²) in [5.74, 6) is -0.572. The van der Waals surface area contributed by atoms with Gasteiger partial charge in [0.05, 0.1) is 5.69 Å². The Kier molecular flexibility index (Phi) is 3.74. The molecule has 0 saturated carbocycles. The SMILES string of the molecule is Cc1ccc(F)c(NC(=O)C2CCOCC2)c1. The predicted octanol–water partition coefficient (Wildman–Crippen LogP) is 2.50. The van der Waals surface area contributed by atoms with Crippen LogP contribution in [0.3, 0.4) is 0 Å². The van der Waals surface area contributed by atoms with Gasteiger partial charge in [-0.3, -0.25) is 4.79 Å². The van der Waals surface area contributed by atoms with Gasteiger partial charge in [0.25, 0.3) is 0 Å². The minimum atomic E-state index is -0.393. The summed E-state index contributed by atoms with van der Waals surface area (Å²) in [7, 11) is 0. The molecule has 0 unspecified atom stereocenters. The fourth-order valence-electron chi connectivity index (χ4n) is 1.93. The molecule has 0 aliphatic carbocycles. The van der Waals surface area contributed by atoms with Crippen LogP contribution < -0.4 is 5.32 Å². The van der Waals surface area contributed by atoms with Crippen LogP contribution in [0.25, 0.3) is 0 Å². The number of hydrogen-bond donors (Lipinski definition) is 1. The second-order valence-electron chi connectivity index (χ2n) is 4.36. The number of hydrogen-bond acceptors (Lipinski definition) is 2. The topological polar surface area (TPSA) is 38.3 Å². The molecule has 0 spiro atoms. The fourth-order valence-corrected chi connectivity index (χ4v) is 1.93. The number of carbonyl (C=O) groups excluding carboxylic acids is 1. The van der Waals surface area contributed by atoms with Crippen LogP contribution in [0.15, 0.2) is 18.2 Å². The Morgan fingerprint density at radius 3 is 2.82 bits per heavy atom. The number of amides is 1. The summed E-state index contributed by atoms with van der Waals surface area (Å²) in [5, 5.41) is 2.65. The molecule has 4 heteroatoms. The van der Waals surface area contributed by atoms with Crippen LogP contribution in [-0.4, -0.2) is 19.1 Å². The van der Waals surface area contributed by atoms with Gasteiger partial charge in [0.15, 0.2) is 0 Å². The van der Waals surface area contributed by atoms with Crippen molar-refractivity contribution in [3.05, 3.63) is 29.6 Å². The summed E-state index contributed by atoms with van der Waals surface area (Å²) in [5.41, 5.74) is 1.19. The van der Waals surface area contributed by atoms with Crippen molar-refractivity contribution >= 4 is 11.6 Å². The third kappa shape index (κ3) is 3.03. The average molecular weight is 237 g/mol. The number of nitrogens with one attached hydrogen (secondary N) is 1. The second kappa shape index (κ2) is 5.27. The lowest BCUT2D eigenvalue weighted by Gasteiger charge is -2.21. The molecule has 1 aromatic rings. The first kappa shape index (κ1) is 12.0. The Hall–Kier alpha value is -1.42. The van der Waals surface area contributed by atoms with Crippen LogP contribution in [0.2, 0.25) is 0 Å². The highest BCUT2D eigenvalue weighted by molar-refractivity contribution is 5.92. The van der Waals surface area contributed by atoms with Crippen LogP contribution in [0.4, 0.5) is 10.1 Å². The Balaban J connectivity index is 2.04. The van der Waals surface area contributed by atoms with E-state index in [9.17, 15) is 9.18 Å². The van der Waals surface area contributed by atoms with Crippen molar-refractivity contribution in [3.63, 3.8) is 0 Å². The largest absolute Gasteiger partial charge is 0.381 e. The van der Waals surface area contributed by atoms with E-state index in [-0.39, 0.29) is 17.5 Å². The minimum Gasteiger partial charge on any atom is -0.381 e. The van der Waals surface area contributed by atoms with Gasteiger partial charge in [-0.25, -0.2) is 4.39 Å². The first-order valence-electron chi connectivity index (χ1n) is 5.81. The number of carbonyl (C=O) groups is 1. The van der Waals surface area contributed by atoms with Gasteiger partial charge in [-0.05, 0) is 37.5 Å². The normalized spacial score (nSPS) is 16.8. The maximum absolute atomic E-state index is 13.5. The number of benzene rings is 1. The zero-order chi connectivity index (χ0) is 12.3. The van der Waals surface area contributed by atoms with Gasteiger partial charge < -0.3 is 10.1 Å². The fraction of sp³-hybridized carbons (Fsp3) is 0.462. The minimum absolute atomic E-state index is 0.0661. The molecule has 1 aliphatic rings. The quantitative estimate of drug-likeness (QED) is 0.858. The zero-order valence-electron chi connectivity index (χ0n) is 9.83. The van der Waals surface area contributed by atoms with Crippen LogP contribution in [0.5, 0.6) is 0 Å². The van der Waals surface area contributed by atoms with E-state index in [4.69, 9.17) is 4.74 Å². The van der Waals surface area contributed by atoms with Crippen LogP contribution in [0.1, 0.15) is 18.4 Å². The molecule has 92 valence electrons. The van der Waals surface area contributed by atoms with E-state index in [1.165, 1.54) is 6.07 Å². The monoisotopic (exact) mass is 237 g/mol. The zero-order valence-corrected chi connectivity index (χ0v) is 9.83. The standard InChI is InChI=1S/C13H16FNO2/c1-9-2-3-11(14)12(8-9)15-13(16)10-4-6-17-7-5-10/h2-3,8,10H,4-7H2,1H3,(H,15,16). The molecule has 1 heterocycles. The Bertz CT molecular complexity index is 414. The molecule has 17 heavy (non-hydrogen) atoms. The van der Waals surface area contributed by atoms with E-state index in [0.717, 1.165) is 5.56 Å². The number of halogens is 1. The lowest BCUT2D eigenvalue weighted by molar-refractivity contribution is -0.122. The van der Waals surface area contributed by atoms with Crippen molar-refractivity contribution in [1.29, 1.82) is 0 Å². The van der Waals surface area contributed by atoms with Gasteiger partial charge in [0.1, 0.15) is 5.82 Å². The maximum Gasteiger partial charge on any atom is 0.227 e. The van der Waals surface area contributed by atoms with Crippen LogP contribution in [-0.2, 0) is 9.53 Å². The van der Waals surface area contributed by atoms with Gasteiger partial charge >= 0.3 is 0 Å². The van der Waals surface area contributed by atoms with Crippen molar-refractivity contribution in [3.8, 4) is 0 Å². The van der Waals surface area contributed by atoms with E-state index >= 15 is 0 Å². The molecule has 0 radical (unpaired) electrons. The highest BCUT2D eigenvalue weighted by Crippen LogP contribution is 2.20. The van der Waals surface area contributed by atoms with Crippen molar-refractivity contribution in [2.75, 3.05) is 18.5 Å². The molecule has 1 N–H and O–H groups in total. The van der Waals surface area contributed by atoms with Gasteiger partial charge in [-0.2, -0.15) is 0 Å². The average Bonchev–Trinajstić information content (AvgIpc) is 2.35. The lowest BCUT2D eigenvalue weighted by atomic mass is 9.99. The second-order valence-corrected chi connectivity index (χ2v) is 4.36. The third-order valence-corrected chi connectivity index (χ3v) is 2.97. The molecule has 0 aromatic heterocycles. The van der Waals surface area contributed by atoms with E-state index in [0.29, 0.717) is 26.1 Å². The molecule has 1 amide bonds. The number of anilines is 1. The van der Waals surface area contributed by atoms with Crippen molar-refractivity contribution in [1.82, 2.24) is 0 Å².